The quantitative estimate of drug-likeness (QED) is 0.749. The van der Waals surface area contributed by atoms with Crippen molar-refractivity contribution in [2.75, 3.05) is 22.4 Å². The molecule has 0 bridgehead atoms. The number of nitrogens with zero attached hydrogens (tertiary/aromatic N) is 1. The molecule has 0 heterocycles. The van der Waals surface area contributed by atoms with Crippen molar-refractivity contribution >= 4 is 38.1 Å². The van der Waals surface area contributed by atoms with Crippen molar-refractivity contribution in [2.45, 2.75) is 6.92 Å². The number of amides is 1. The van der Waals surface area contributed by atoms with Gasteiger partial charge in [0.1, 0.15) is 6.54 Å². The summed E-state index contributed by atoms with van der Waals surface area (Å²) in [4.78, 5) is 12.4. The summed E-state index contributed by atoms with van der Waals surface area (Å²) in [5.41, 5.74) is 2.11. The molecular weight excluding hydrogens is 348 g/mol. The number of nitrogens with one attached hydrogen (secondary N) is 1. The van der Waals surface area contributed by atoms with Crippen LogP contribution in [0.5, 0.6) is 0 Å². The number of hydrogen-bond donors (Lipinski definition) is 1. The summed E-state index contributed by atoms with van der Waals surface area (Å²) in [5.74, 6) is -0.397. The fourth-order valence-corrected chi connectivity index (χ4v) is 3.57. The Hall–Kier alpha value is -2.86. The molecule has 134 valence electrons. The Bertz CT molecular complexity index is 1040. The predicted molar refractivity (Wildman–Crippen MR) is 106 cm³/mol. The van der Waals surface area contributed by atoms with Crippen molar-refractivity contribution in [3.63, 3.8) is 0 Å². The van der Waals surface area contributed by atoms with Crippen LogP contribution < -0.4 is 9.62 Å². The zero-order chi connectivity index (χ0) is 18.7. The monoisotopic (exact) mass is 368 g/mol. The molecule has 0 unspecified atom stereocenters. The summed E-state index contributed by atoms with van der Waals surface area (Å²) in [6, 6.07) is 20.4. The standard InChI is InChI=1S/C20H20N2O3S/c1-15-7-11-19(12-8-15)22(26(2,24)25)14-20(23)21-18-10-9-16-5-3-4-6-17(16)13-18/h3-13H,14H2,1-2H3,(H,21,23). The van der Waals surface area contributed by atoms with Crippen molar-refractivity contribution in [2.24, 2.45) is 0 Å². The summed E-state index contributed by atoms with van der Waals surface area (Å²) < 4.78 is 25.4. The molecule has 0 atom stereocenters. The lowest BCUT2D eigenvalue weighted by atomic mass is 10.1. The minimum atomic E-state index is -3.58. The maximum absolute atomic E-state index is 12.4. The van der Waals surface area contributed by atoms with Gasteiger partial charge in [-0.2, -0.15) is 0 Å². The number of benzene rings is 3. The van der Waals surface area contributed by atoms with Crippen LogP contribution in [0.3, 0.4) is 0 Å². The molecule has 0 saturated heterocycles. The number of rotatable bonds is 5. The van der Waals surface area contributed by atoms with Gasteiger partial charge >= 0.3 is 0 Å². The highest BCUT2D eigenvalue weighted by molar-refractivity contribution is 7.92. The number of sulfonamides is 1. The van der Waals surface area contributed by atoms with Gasteiger partial charge in [-0.3, -0.25) is 9.10 Å². The molecule has 1 amide bonds. The van der Waals surface area contributed by atoms with Crippen LogP contribution in [0.25, 0.3) is 10.8 Å². The smallest absolute Gasteiger partial charge is 0.245 e. The molecule has 0 spiro atoms. The molecule has 3 aromatic carbocycles. The molecule has 0 fully saturated rings. The highest BCUT2D eigenvalue weighted by Crippen LogP contribution is 2.20. The molecule has 3 rings (SSSR count). The van der Waals surface area contributed by atoms with E-state index in [1.54, 1.807) is 18.2 Å². The minimum Gasteiger partial charge on any atom is -0.324 e. The summed E-state index contributed by atoms with van der Waals surface area (Å²) in [6.45, 7) is 1.63. The normalized spacial score (nSPS) is 11.3. The van der Waals surface area contributed by atoms with E-state index in [-0.39, 0.29) is 6.54 Å². The zero-order valence-electron chi connectivity index (χ0n) is 14.6. The van der Waals surface area contributed by atoms with Crippen LogP contribution in [-0.4, -0.2) is 27.1 Å². The first kappa shape index (κ1) is 17.9. The van der Waals surface area contributed by atoms with E-state index < -0.39 is 15.9 Å². The van der Waals surface area contributed by atoms with Crippen LogP contribution in [0, 0.1) is 6.92 Å². The Morgan fingerprint density at radius 3 is 2.27 bits per heavy atom. The van der Waals surface area contributed by atoms with Crippen LogP contribution in [0.2, 0.25) is 0 Å². The molecule has 0 radical (unpaired) electrons. The van der Waals surface area contributed by atoms with Crippen molar-refractivity contribution < 1.29 is 13.2 Å². The van der Waals surface area contributed by atoms with E-state index in [4.69, 9.17) is 0 Å². The van der Waals surface area contributed by atoms with Crippen molar-refractivity contribution in [1.29, 1.82) is 0 Å². The van der Waals surface area contributed by atoms with Gasteiger partial charge < -0.3 is 5.32 Å². The highest BCUT2D eigenvalue weighted by atomic mass is 32.2. The number of hydrogen-bond acceptors (Lipinski definition) is 3. The number of aryl methyl sites for hydroxylation is 1. The Labute approximate surface area is 153 Å². The second-order valence-electron chi connectivity index (χ2n) is 6.22. The van der Waals surface area contributed by atoms with Gasteiger partial charge in [0, 0.05) is 5.69 Å². The van der Waals surface area contributed by atoms with E-state index in [0.29, 0.717) is 11.4 Å². The maximum Gasteiger partial charge on any atom is 0.245 e. The molecule has 5 nitrogen and oxygen atoms in total. The van der Waals surface area contributed by atoms with Crippen LogP contribution in [-0.2, 0) is 14.8 Å². The molecule has 0 aliphatic carbocycles. The van der Waals surface area contributed by atoms with Crippen LogP contribution in [0.15, 0.2) is 66.7 Å². The van der Waals surface area contributed by atoms with Crippen LogP contribution in [0.4, 0.5) is 11.4 Å². The van der Waals surface area contributed by atoms with Crippen molar-refractivity contribution in [1.82, 2.24) is 0 Å². The molecule has 0 aliphatic rings. The molecule has 0 aromatic heterocycles. The second-order valence-corrected chi connectivity index (χ2v) is 8.12. The largest absolute Gasteiger partial charge is 0.324 e. The molecule has 1 N–H and O–H groups in total. The van der Waals surface area contributed by atoms with Gasteiger partial charge in [0.15, 0.2) is 0 Å². The van der Waals surface area contributed by atoms with Crippen molar-refractivity contribution in [3.8, 4) is 0 Å². The Morgan fingerprint density at radius 1 is 0.962 bits per heavy atom. The average Bonchev–Trinajstić information content (AvgIpc) is 2.59. The lowest BCUT2D eigenvalue weighted by Gasteiger charge is -2.22. The average molecular weight is 368 g/mol. The topological polar surface area (TPSA) is 66.5 Å². The van der Waals surface area contributed by atoms with Gasteiger partial charge in [-0.25, -0.2) is 8.42 Å². The maximum atomic E-state index is 12.4. The highest BCUT2D eigenvalue weighted by Gasteiger charge is 2.20. The van der Waals surface area contributed by atoms with E-state index in [2.05, 4.69) is 5.32 Å². The van der Waals surface area contributed by atoms with Gasteiger partial charge in [0.2, 0.25) is 15.9 Å². The van der Waals surface area contributed by atoms with Gasteiger partial charge in [-0.05, 0) is 42.0 Å². The van der Waals surface area contributed by atoms with E-state index in [9.17, 15) is 13.2 Å². The first-order chi connectivity index (χ1) is 12.3. The lowest BCUT2D eigenvalue weighted by Crippen LogP contribution is -2.37. The molecular formula is C20H20N2O3S. The van der Waals surface area contributed by atoms with Gasteiger partial charge in [0.25, 0.3) is 0 Å². The fourth-order valence-electron chi connectivity index (χ4n) is 2.71. The summed E-state index contributed by atoms with van der Waals surface area (Å²) >= 11 is 0. The lowest BCUT2D eigenvalue weighted by molar-refractivity contribution is -0.114. The van der Waals surface area contributed by atoms with E-state index >= 15 is 0 Å². The second kappa shape index (κ2) is 7.17. The van der Waals surface area contributed by atoms with Crippen LogP contribution >= 0.6 is 0 Å². The predicted octanol–water partition coefficient (Wildman–Crippen LogP) is 3.55. The third-order valence-electron chi connectivity index (χ3n) is 4.04. The summed E-state index contributed by atoms with van der Waals surface area (Å²) in [5, 5.41) is 4.85. The van der Waals surface area contributed by atoms with Crippen LogP contribution in [0.1, 0.15) is 5.56 Å². The fraction of sp³-hybridized carbons (Fsp3) is 0.150. The molecule has 26 heavy (non-hydrogen) atoms. The van der Waals surface area contributed by atoms with Gasteiger partial charge in [-0.15, -0.1) is 0 Å². The van der Waals surface area contributed by atoms with Gasteiger partial charge in [-0.1, -0.05) is 48.0 Å². The first-order valence-electron chi connectivity index (χ1n) is 8.16. The zero-order valence-corrected chi connectivity index (χ0v) is 15.5. The van der Waals surface area contributed by atoms with Crippen molar-refractivity contribution in [3.05, 3.63) is 72.3 Å². The molecule has 3 aromatic rings. The Morgan fingerprint density at radius 2 is 1.62 bits per heavy atom. The summed E-state index contributed by atoms with van der Waals surface area (Å²) in [6.07, 6.45) is 1.09. The van der Waals surface area contributed by atoms with E-state index in [0.717, 1.165) is 26.9 Å². The Balaban J connectivity index is 1.80. The van der Waals surface area contributed by atoms with E-state index in [1.807, 2.05) is 55.5 Å². The van der Waals surface area contributed by atoms with Gasteiger partial charge in [0.05, 0.1) is 11.9 Å². The number of fused-ring (bicyclic) bond motifs is 1. The third kappa shape index (κ3) is 4.21. The minimum absolute atomic E-state index is 0.283. The molecule has 0 aliphatic heterocycles. The third-order valence-corrected chi connectivity index (χ3v) is 5.18. The molecule has 6 heteroatoms. The first-order valence-corrected chi connectivity index (χ1v) is 10.0. The SMILES string of the molecule is Cc1ccc(N(CC(=O)Nc2ccc3ccccc3c2)S(C)(=O)=O)cc1. The Kier molecular flexibility index (Phi) is 4.95. The van der Waals surface area contributed by atoms with E-state index in [1.165, 1.54) is 0 Å². The summed E-state index contributed by atoms with van der Waals surface area (Å²) in [7, 11) is -3.58. The number of carbonyl (C=O) groups excluding carboxylic acids is 1. The number of carbonyl (C=O) groups is 1. The number of anilines is 2. The molecule has 0 saturated carbocycles.